The van der Waals surface area contributed by atoms with Crippen molar-refractivity contribution in [1.29, 1.82) is 0 Å². The average Bonchev–Trinajstić information content (AvgIpc) is 2.23. The molecule has 0 spiro atoms. The fourth-order valence-electron chi connectivity index (χ4n) is 1.48. The van der Waals surface area contributed by atoms with Crippen molar-refractivity contribution < 1.29 is 65.8 Å². The molecule has 0 aliphatic rings. The zero-order valence-electron chi connectivity index (χ0n) is 12.4. The minimum Gasteiger partial charge on any atom is -1.00 e. The molecule has 9 nitrogen and oxygen atoms in total. The summed E-state index contributed by atoms with van der Waals surface area (Å²) in [5.74, 6) is -3.39. The monoisotopic (exact) mass is 302 g/mol. The first kappa shape index (κ1) is 21.6. The van der Waals surface area contributed by atoms with Gasteiger partial charge in [0.25, 0.3) is 0 Å². The predicted octanol–water partition coefficient (Wildman–Crippen LogP) is -5.05. The molecule has 0 bridgehead atoms. The molecule has 0 amide bonds. The summed E-state index contributed by atoms with van der Waals surface area (Å²) in [6, 6.07) is 0. The van der Waals surface area contributed by atoms with Crippen LogP contribution in [-0.4, -0.2) is 94.0 Å². The zero-order chi connectivity index (χ0) is 14.8. The molecule has 0 heterocycles. The van der Waals surface area contributed by atoms with Gasteiger partial charge in [0.2, 0.25) is 0 Å². The predicted molar refractivity (Wildman–Crippen MR) is 64.0 cm³/mol. The maximum Gasteiger partial charge on any atom is 1.00 e. The van der Waals surface area contributed by atoms with Crippen LogP contribution in [0.5, 0.6) is 0 Å². The van der Waals surface area contributed by atoms with E-state index in [0.717, 1.165) is 0 Å². The van der Waals surface area contributed by atoms with E-state index in [-0.39, 0.29) is 63.8 Å². The Kier molecular flexibility index (Phi) is 13.0. The third-order valence-electron chi connectivity index (χ3n) is 2.23. The summed E-state index contributed by atoms with van der Waals surface area (Å²) >= 11 is 0. The minimum atomic E-state index is -1.16. The van der Waals surface area contributed by atoms with Crippen molar-refractivity contribution in [3.05, 3.63) is 0 Å². The van der Waals surface area contributed by atoms with Crippen molar-refractivity contribution in [3.8, 4) is 0 Å². The third kappa shape index (κ3) is 12.3. The summed E-state index contributed by atoms with van der Waals surface area (Å²) in [5, 5.41) is 34.7. The van der Waals surface area contributed by atoms with Gasteiger partial charge in [-0.1, -0.05) is 0 Å². The van der Waals surface area contributed by atoms with E-state index in [0.29, 0.717) is 0 Å². The van der Waals surface area contributed by atoms with Crippen LogP contribution in [0.1, 0.15) is 1.43 Å². The topological polar surface area (TPSA) is 139 Å². The number of nitrogens with zero attached hydrogens (tertiary/aromatic N) is 2. The molecular formula is C10H19N2NaO7. The molecule has 0 aliphatic carbocycles. The number of carboxylic acid groups (broad SMARTS) is 3. The number of aliphatic hydroxyl groups excluding tert-OH is 1. The van der Waals surface area contributed by atoms with E-state index in [4.69, 9.17) is 20.4 Å². The first-order chi connectivity index (χ1) is 8.85. The summed E-state index contributed by atoms with van der Waals surface area (Å²) in [7, 11) is 0. The molecule has 0 radical (unpaired) electrons. The van der Waals surface area contributed by atoms with Crippen LogP contribution in [0.4, 0.5) is 0 Å². The Morgan fingerprint density at radius 3 is 1.45 bits per heavy atom. The van der Waals surface area contributed by atoms with Crippen molar-refractivity contribution in [3.63, 3.8) is 0 Å². The van der Waals surface area contributed by atoms with Gasteiger partial charge in [0.1, 0.15) is 0 Å². The molecule has 4 N–H and O–H groups in total. The first-order valence-corrected chi connectivity index (χ1v) is 5.56. The summed E-state index contributed by atoms with van der Waals surface area (Å²) in [6.45, 7) is -1.03. The smallest absolute Gasteiger partial charge is 1.00 e. The van der Waals surface area contributed by atoms with E-state index in [2.05, 4.69) is 0 Å². The summed E-state index contributed by atoms with van der Waals surface area (Å²) in [4.78, 5) is 34.3. The molecule has 0 rings (SSSR count). The van der Waals surface area contributed by atoms with Crippen molar-refractivity contribution >= 4 is 17.9 Å². The summed E-state index contributed by atoms with van der Waals surface area (Å²) < 4.78 is 0. The van der Waals surface area contributed by atoms with Crippen molar-refractivity contribution in [2.24, 2.45) is 0 Å². The van der Waals surface area contributed by atoms with Gasteiger partial charge in [-0.25, -0.2) is 0 Å². The fourth-order valence-corrected chi connectivity index (χ4v) is 1.48. The fraction of sp³-hybridized carbons (Fsp3) is 0.700. The second-order valence-corrected chi connectivity index (χ2v) is 3.89. The summed E-state index contributed by atoms with van der Waals surface area (Å²) in [5.41, 5.74) is 0. The Morgan fingerprint density at radius 2 is 1.10 bits per heavy atom. The van der Waals surface area contributed by atoms with Gasteiger partial charge < -0.3 is 21.9 Å². The number of carbonyl (C=O) groups is 3. The molecule has 0 aromatic carbocycles. The summed E-state index contributed by atoms with van der Waals surface area (Å²) in [6.07, 6.45) is 0. The molecule has 0 saturated carbocycles. The number of carboxylic acids is 3. The zero-order valence-corrected chi connectivity index (χ0v) is 13.4. The average molecular weight is 302 g/mol. The van der Waals surface area contributed by atoms with E-state index in [1.807, 2.05) is 0 Å². The quantitative estimate of drug-likeness (QED) is 0.276. The Labute approximate surface area is 139 Å². The van der Waals surface area contributed by atoms with Crippen LogP contribution in [0.15, 0.2) is 0 Å². The Morgan fingerprint density at radius 1 is 0.750 bits per heavy atom. The van der Waals surface area contributed by atoms with Gasteiger partial charge in [0, 0.05) is 19.6 Å². The van der Waals surface area contributed by atoms with Gasteiger partial charge in [0.05, 0.1) is 26.2 Å². The second kappa shape index (κ2) is 12.1. The number of rotatable bonds is 11. The van der Waals surface area contributed by atoms with Crippen molar-refractivity contribution in [1.82, 2.24) is 9.80 Å². The Bertz CT molecular complexity index is 317. The largest absolute Gasteiger partial charge is 1.00 e. The molecule has 0 aromatic rings. The van der Waals surface area contributed by atoms with Gasteiger partial charge in [-0.05, 0) is 0 Å². The van der Waals surface area contributed by atoms with Gasteiger partial charge in [-0.15, -0.1) is 0 Å². The first-order valence-electron chi connectivity index (χ1n) is 5.56. The maximum absolute atomic E-state index is 10.6. The second-order valence-electron chi connectivity index (χ2n) is 3.89. The van der Waals surface area contributed by atoms with Crippen LogP contribution in [0.2, 0.25) is 0 Å². The Hall–Kier alpha value is -0.710. The van der Waals surface area contributed by atoms with Gasteiger partial charge in [-0.3, -0.25) is 24.2 Å². The molecular weight excluding hydrogens is 283 g/mol. The molecule has 0 aromatic heterocycles. The van der Waals surface area contributed by atoms with Crippen LogP contribution in [0.3, 0.4) is 0 Å². The van der Waals surface area contributed by atoms with E-state index in [1.54, 1.807) is 0 Å². The van der Waals surface area contributed by atoms with Crippen LogP contribution in [0, 0.1) is 0 Å². The number of hydrogen-bond acceptors (Lipinski definition) is 6. The molecule has 0 atom stereocenters. The maximum atomic E-state index is 10.6. The number of aliphatic carboxylic acids is 3. The van der Waals surface area contributed by atoms with E-state index in [1.165, 1.54) is 9.80 Å². The van der Waals surface area contributed by atoms with Gasteiger partial charge in [0.15, 0.2) is 0 Å². The molecule has 0 fully saturated rings. The number of hydrogen-bond donors (Lipinski definition) is 4. The van der Waals surface area contributed by atoms with E-state index < -0.39 is 31.0 Å². The van der Waals surface area contributed by atoms with E-state index >= 15 is 0 Å². The molecule has 112 valence electrons. The molecule has 0 aliphatic heterocycles. The minimum absolute atomic E-state index is 0. The molecule has 10 heteroatoms. The molecule has 20 heavy (non-hydrogen) atoms. The Balaban J connectivity index is -0.00000162. The van der Waals surface area contributed by atoms with Crippen molar-refractivity contribution in [2.45, 2.75) is 0 Å². The molecule has 0 saturated heterocycles. The van der Waals surface area contributed by atoms with Crippen molar-refractivity contribution in [2.75, 3.05) is 45.9 Å². The van der Waals surface area contributed by atoms with Crippen LogP contribution in [0.25, 0.3) is 0 Å². The molecule has 0 unspecified atom stereocenters. The van der Waals surface area contributed by atoms with Gasteiger partial charge >= 0.3 is 47.5 Å². The van der Waals surface area contributed by atoms with Crippen LogP contribution >= 0.6 is 0 Å². The normalized spacial score (nSPS) is 10.3. The van der Waals surface area contributed by atoms with E-state index in [9.17, 15) is 14.4 Å². The third-order valence-corrected chi connectivity index (χ3v) is 2.23. The van der Waals surface area contributed by atoms with Crippen LogP contribution in [-0.2, 0) is 14.4 Å². The standard InChI is InChI=1S/C10H18N2O7.Na.H/c13-4-3-11(5-8(14)15)1-2-12(6-9(16)17)7-10(18)19;;/h13H,1-7H2,(H,14,15)(H,16,17)(H,18,19);;/q;+1;-1. The van der Waals surface area contributed by atoms with Gasteiger partial charge in [-0.2, -0.15) is 0 Å². The number of aliphatic hydroxyl groups is 1. The SMILES string of the molecule is O=C(O)CN(CCO)CCN(CC(=O)O)CC(=O)O.[H-].[Na+]. The van der Waals surface area contributed by atoms with Crippen LogP contribution < -0.4 is 29.6 Å².